The Balaban J connectivity index is 2.30. The average Bonchev–Trinajstić information content (AvgIpc) is 2.26. The van der Waals surface area contributed by atoms with Crippen molar-refractivity contribution in [1.82, 2.24) is 4.90 Å². The van der Waals surface area contributed by atoms with Gasteiger partial charge in [-0.2, -0.15) is 11.8 Å². The Morgan fingerprint density at radius 3 is 2.79 bits per heavy atom. The lowest BCUT2D eigenvalue weighted by molar-refractivity contribution is -0.136. The number of amides is 1. The summed E-state index contributed by atoms with van der Waals surface area (Å²) >= 11 is 1.72. The highest BCUT2D eigenvalue weighted by Crippen LogP contribution is 2.04. The van der Waals surface area contributed by atoms with E-state index in [-0.39, 0.29) is 11.9 Å². The fourth-order valence-corrected chi connectivity index (χ4v) is 1.88. The Morgan fingerprint density at radius 1 is 1.57 bits per heavy atom. The molecule has 4 nitrogen and oxygen atoms in total. The second kappa shape index (κ2) is 6.27. The molecule has 1 atom stereocenters. The third kappa shape index (κ3) is 3.48. The number of hydrogen-bond donors (Lipinski definition) is 1. The van der Waals surface area contributed by atoms with E-state index in [9.17, 15) is 4.79 Å². The first kappa shape index (κ1) is 11.8. The van der Waals surface area contributed by atoms with Crippen LogP contribution in [-0.2, 0) is 9.53 Å². The molecule has 1 saturated heterocycles. The quantitative estimate of drug-likeness (QED) is 0.717. The van der Waals surface area contributed by atoms with Crippen molar-refractivity contribution in [1.29, 1.82) is 0 Å². The zero-order valence-electron chi connectivity index (χ0n) is 8.57. The Kier molecular flexibility index (Phi) is 5.29. The predicted octanol–water partition coefficient (Wildman–Crippen LogP) is -0.0744. The van der Waals surface area contributed by atoms with E-state index in [1.165, 1.54) is 0 Å². The maximum absolute atomic E-state index is 11.7. The van der Waals surface area contributed by atoms with E-state index in [1.54, 1.807) is 16.7 Å². The van der Waals surface area contributed by atoms with Crippen LogP contribution < -0.4 is 5.73 Å². The van der Waals surface area contributed by atoms with Crippen molar-refractivity contribution in [2.45, 2.75) is 12.5 Å². The van der Waals surface area contributed by atoms with Gasteiger partial charge in [0.25, 0.3) is 0 Å². The van der Waals surface area contributed by atoms with E-state index < -0.39 is 0 Å². The molecule has 0 spiro atoms. The second-order valence-corrected chi connectivity index (χ2v) is 4.31. The van der Waals surface area contributed by atoms with Crippen LogP contribution in [0.2, 0.25) is 0 Å². The van der Waals surface area contributed by atoms with Crippen LogP contribution in [0.15, 0.2) is 0 Å². The minimum atomic E-state index is -0.333. The smallest absolute Gasteiger partial charge is 0.239 e. The minimum Gasteiger partial charge on any atom is -0.378 e. The summed E-state index contributed by atoms with van der Waals surface area (Å²) in [7, 11) is 0. The van der Waals surface area contributed by atoms with E-state index in [0.29, 0.717) is 26.3 Å². The predicted molar refractivity (Wildman–Crippen MR) is 58.4 cm³/mol. The van der Waals surface area contributed by atoms with Gasteiger partial charge in [-0.15, -0.1) is 0 Å². The van der Waals surface area contributed by atoms with Gasteiger partial charge in [0.2, 0.25) is 5.91 Å². The van der Waals surface area contributed by atoms with E-state index in [1.807, 2.05) is 6.26 Å². The molecule has 0 aromatic carbocycles. The van der Waals surface area contributed by atoms with Gasteiger partial charge < -0.3 is 15.4 Å². The summed E-state index contributed by atoms with van der Waals surface area (Å²) in [5.41, 5.74) is 5.79. The summed E-state index contributed by atoms with van der Waals surface area (Å²) in [5.74, 6) is 1.01. The van der Waals surface area contributed by atoms with Gasteiger partial charge in [-0.1, -0.05) is 0 Å². The Labute approximate surface area is 89.2 Å². The second-order valence-electron chi connectivity index (χ2n) is 3.33. The van der Waals surface area contributed by atoms with Crippen LogP contribution in [0.3, 0.4) is 0 Å². The maximum atomic E-state index is 11.7. The lowest BCUT2D eigenvalue weighted by atomic mass is 10.2. The fourth-order valence-electron chi connectivity index (χ4n) is 1.39. The number of thioether (sulfide) groups is 1. The SMILES string of the molecule is CSCCC(N)C(=O)N1CCOCC1. The molecule has 0 aromatic heterocycles. The van der Waals surface area contributed by atoms with Crippen LogP contribution in [0.4, 0.5) is 0 Å². The van der Waals surface area contributed by atoms with E-state index >= 15 is 0 Å². The normalized spacial score (nSPS) is 19.4. The first-order valence-corrected chi connectivity index (χ1v) is 6.26. The molecule has 0 aromatic rings. The molecule has 14 heavy (non-hydrogen) atoms. The van der Waals surface area contributed by atoms with Crippen molar-refractivity contribution >= 4 is 17.7 Å². The molecule has 1 fully saturated rings. The van der Waals surface area contributed by atoms with E-state index in [4.69, 9.17) is 10.5 Å². The average molecular weight is 218 g/mol. The van der Waals surface area contributed by atoms with Crippen molar-refractivity contribution in [2.75, 3.05) is 38.3 Å². The number of rotatable bonds is 4. The van der Waals surface area contributed by atoms with Crippen molar-refractivity contribution < 1.29 is 9.53 Å². The third-order valence-electron chi connectivity index (χ3n) is 2.27. The highest BCUT2D eigenvalue weighted by atomic mass is 32.2. The fraction of sp³-hybridized carbons (Fsp3) is 0.889. The number of ether oxygens (including phenoxy) is 1. The first-order chi connectivity index (χ1) is 6.75. The van der Waals surface area contributed by atoms with Crippen molar-refractivity contribution in [2.24, 2.45) is 5.73 Å². The topological polar surface area (TPSA) is 55.6 Å². The molecule has 1 aliphatic rings. The largest absolute Gasteiger partial charge is 0.378 e. The zero-order chi connectivity index (χ0) is 10.4. The van der Waals surface area contributed by atoms with E-state index in [0.717, 1.165) is 12.2 Å². The van der Waals surface area contributed by atoms with Crippen molar-refractivity contribution in [3.8, 4) is 0 Å². The van der Waals surface area contributed by atoms with Crippen LogP contribution in [0, 0.1) is 0 Å². The summed E-state index contributed by atoms with van der Waals surface area (Å²) in [6.45, 7) is 2.65. The van der Waals surface area contributed by atoms with Crippen LogP contribution in [-0.4, -0.2) is 55.2 Å². The van der Waals surface area contributed by atoms with Gasteiger partial charge in [0.15, 0.2) is 0 Å². The molecular formula is C9H18N2O2S. The van der Waals surface area contributed by atoms with Gasteiger partial charge in [-0.05, 0) is 18.4 Å². The standard InChI is InChI=1S/C9H18N2O2S/c1-14-7-2-8(10)9(12)11-3-5-13-6-4-11/h8H,2-7,10H2,1H3. The van der Waals surface area contributed by atoms with Crippen LogP contribution >= 0.6 is 11.8 Å². The van der Waals surface area contributed by atoms with Gasteiger partial charge in [-0.3, -0.25) is 4.79 Å². The molecule has 1 rings (SSSR count). The number of nitrogens with two attached hydrogens (primary N) is 1. The summed E-state index contributed by atoms with van der Waals surface area (Å²) in [5, 5.41) is 0. The summed E-state index contributed by atoms with van der Waals surface area (Å²) < 4.78 is 5.17. The van der Waals surface area contributed by atoms with Gasteiger partial charge in [0.05, 0.1) is 19.3 Å². The molecule has 5 heteroatoms. The molecule has 2 N–H and O–H groups in total. The first-order valence-electron chi connectivity index (χ1n) is 4.86. The minimum absolute atomic E-state index is 0.0716. The molecule has 1 unspecified atom stereocenters. The lowest BCUT2D eigenvalue weighted by Gasteiger charge is -2.29. The lowest BCUT2D eigenvalue weighted by Crippen LogP contribution is -2.48. The van der Waals surface area contributed by atoms with Gasteiger partial charge >= 0.3 is 0 Å². The van der Waals surface area contributed by atoms with Crippen molar-refractivity contribution in [3.05, 3.63) is 0 Å². The summed E-state index contributed by atoms with van der Waals surface area (Å²) in [6.07, 6.45) is 2.78. The number of morpholine rings is 1. The van der Waals surface area contributed by atoms with Gasteiger partial charge in [0.1, 0.15) is 0 Å². The molecule has 0 aliphatic carbocycles. The number of carbonyl (C=O) groups excluding carboxylic acids is 1. The maximum Gasteiger partial charge on any atom is 0.239 e. The highest BCUT2D eigenvalue weighted by Gasteiger charge is 2.22. The number of hydrogen-bond acceptors (Lipinski definition) is 4. The zero-order valence-corrected chi connectivity index (χ0v) is 9.39. The van der Waals surface area contributed by atoms with Gasteiger partial charge in [-0.25, -0.2) is 0 Å². The molecular weight excluding hydrogens is 200 g/mol. The van der Waals surface area contributed by atoms with Crippen LogP contribution in [0.25, 0.3) is 0 Å². The molecule has 1 heterocycles. The molecule has 0 radical (unpaired) electrons. The number of carbonyl (C=O) groups is 1. The molecule has 82 valence electrons. The number of nitrogens with zero attached hydrogens (tertiary/aromatic N) is 1. The molecule has 0 saturated carbocycles. The Bertz CT molecular complexity index is 184. The van der Waals surface area contributed by atoms with Crippen molar-refractivity contribution in [3.63, 3.8) is 0 Å². The van der Waals surface area contributed by atoms with Gasteiger partial charge in [0, 0.05) is 13.1 Å². The molecule has 1 aliphatic heterocycles. The summed E-state index contributed by atoms with van der Waals surface area (Å²) in [6, 6.07) is -0.333. The Morgan fingerprint density at radius 2 is 2.21 bits per heavy atom. The van der Waals surface area contributed by atoms with E-state index in [2.05, 4.69) is 0 Å². The monoisotopic (exact) mass is 218 g/mol. The van der Waals surface area contributed by atoms with Crippen LogP contribution in [0.5, 0.6) is 0 Å². The van der Waals surface area contributed by atoms with Crippen LogP contribution in [0.1, 0.15) is 6.42 Å². The highest BCUT2D eigenvalue weighted by molar-refractivity contribution is 7.98. The molecule has 0 bridgehead atoms. The summed E-state index contributed by atoms with van der Waals surface area (Å²) in [4.78, 5) is 13.5. The molecule has 1 amide bonds. The Hall–Kier alpha value is -0.260. The third-order valence-corrected chi connectivity index (χ3v) is 2.92.